The van der Waals surface area contributed by atoms with Crippen molar-refractivity contribution in [2.45, 2.75) is 26.8 Å². The van der Waals surface area contributed by atoms with Crippen molar-refractivity contribution in [3.05, 3.63) is 20.3 Å². The van der Waals surface area contributed by atoms with E-state index in [-0.39, 0.29) is 11.9 Å². The molecule has 0 aliphatic rings. The van der Waals surface area contributed by atoms with Crippen LogP contribution in [-0.4, -0.2) is 17.3 Å². The van der Waals surface area contributed by atoms with E-state index in [1.54, 1.807) is 0 Å². The van der Waals surface area contributed by atoms with Gasteiger partial charge >= 0.3 is 0 Å². The molecule has 1 N–H and O–H groups in total. The van der Waals surface area contributed by atoms with Gasteiger partial charge < -0.3 is 5.32 Å². The number of alkyl halides is 1. The highest BCUT2D eigenvalue weighted by Gasteiger charge is 2.17. The summed E-state index contributed by atoms with van der Waals surface area (Å²) in [5.74, 6) is 0.435. The fraction of sp³-hybridized carbons (Fsp3) is 0.545. The minimum Gasteiger partial charge on any atom is -0.348 e. The average molecular weight is 369 g/mol. The van der Waals surface area contributed by atoms with E-state index >= 15 is 0 Å². The first-order valence-corrected chi connectivity index (χ1v) is 7.81. The van der Waals surface area contributed by atoms with Crippen LogP contribution in [0.5, 0.6) is 0 Å². The maximum atomic E-state index is 11.9. The van der Waals surface area contributed by atoms with Crippen LogP contribution in [0.4, 0.5) is 0 Å². The molecule has 1 unspecified atom stereocenters. The molecule has 0 saturated heterocycles. The standard InChI is InChI=1S/C11H15Br2NOS/c1-6(2)8(5-12)14-11(15)9-4-7(3)10(13)16-9/h4,6,8H,5H2,1-3H3,(H,14,15). The number of thiophene rings is 1. The monoisotopic (exact) mass is 367 g/mol. The second-order valence-corrected chi connectivity index (χ2v) is 7.06. The Kier molecular flexibility index (Phi) is 5.47. The highest BCUT2D eigenvalue weighted by molar-refractivity contribution is 9.11. The van der Waals surface area contributed by atoms with Crippen LogP contribution in [0.3, 0.4) is 0 Å². The van der Waals surface area contributed by atoms with Gasteiger partial charge in [0, 0.05) is 11.4 Å². The molecule has 0 spiro atoms. The molecule has 0 fully saturated rings. The molecule has 16 heavy (non-hydrogen) atoms. The Labute approximate surface area is 117 Å². The van der Waals surface area contributed by atoms with E-state index in [2.05, 4.69) is 51.0 Å². The van der Waals surface area contributed by atoms with Gasteiger partial charge in [0.05, 0.1) is 8.66 Å². The van der Waals surface area contributed by atoms with E-state index in [1.165, 1.54) is 11.3 Å². The van der Waals surface area contributed by atoms with Crippen molar-refractivity contribution in [3.8, 4) is 0 Å². The van der Waals surface area contributed by atoms with E-state index in [1.807, 2.05) is 13.0 Å². The molecule has 0 radical (unpaired) electrons. The van der Waals surface area contributed by atoms with Gasteiger partial charge in [-0.05, 0) is 40.4 Å². The Balaban J connectivity index is 2.71. The first-order chi connectivity index (χ1) is 7.45. The molecule has 2 nitrogen and oxygen atoms in total. The van der Waals surface area contributed by atoms with Gasteiger partial charge in [-0.2, -0.15) is 0 Å². The molecule has 0 aliphatic carbocycles. The van der Waals surface area contributed by atoms with Crippen molar-refractivity contribution in [1.29, 1.82) is 0 Å². The van der Waals surface area contributed by atoms with Crippen molar-refractivity contribution in [2.24, 2.45) is 5.92 Å². The number of nitrogens with one attached hydrogen (secondary N) is 1. The lowest BCUT2D eigenvalue weighted by molar-refractivity contribution is 0.0936. The van der Waals surface area contributed by atoms with E-state index in [4.69, 9.17) is 0 Å². The number of hydrogen-bond acceptors (Lipinski definition) is 2. The van der Waals surface area contributed by atoms with E-state index < -0.39 is 0 Å². The van der Waals surface area contributed by atoms with E-state index in [9.17, 15) is 4.79 Å². The summed E-state index contributed by atoms with van der Waals surface area (Å²) in [4.78, 5) is 12.7. The van der Waals surface area contributed by atoms with Crippen molar-refractivity contribution in [1.82, 2.24) is 5.32 Å². The summed E-state index contributed by atoms with van der Waals surface area (Å²) < 4.78 is 1.03. The number of aryl methyl sites for hydroxylation is 1. The fourth-order valence-electron chi connectivity index (χ4n) is 1.19. The van der Waals surface area contributed by atoms with Crippen molar-refractivity contribution < 1.29 is 4.79 Å². The maximum absolute atomic E-state index is 11.9. The lowest BCUT2D eigenvalue weighted by atomic mass is 10.1. The van der Waals surface area contributed by atoms with Gasteiger partial charge in [0.1, 0.15) is 0 Å². The number of rotatable bonds is 4. The number of amides is 1. The Morgan fingerprint density at radius 3 is 2.56 bits per heavy atom. The second-order valence-electron chi connectivity index (χ2n) is 4.05. The van der Waals surface area contributed by atoms with Crippen LogP contribution in [0.15, 0.2) is 9.85 Å². The quantitative estimate of drug-likeness (QED) is 0.800. The van der Waals surface area contributed by atoms with Crippen molar-refractivity contribution >= 4 is 49.1 Å². The van der Waals surface area contributed by atoms with Crippen LogP contribution >= 0.6 is 43.2 Å². The first kappa shape index (κ1) is 14.2. The molecule has 0 bridgehead atoms. The minimum atomic E-state index is 0.0111. The van der Waals surface area contributed by atoms with Gasteiger partial charge in [-0.25, -0.2) is 0 Å². The topological polar surface area (TPSA) is 29.1 Å². The number of carbonyl (C=O) groups is 1. The van der Waals surface area contributed by atoms with Crippen molar-refractivity contribution in [3.63, 3.8) is 0 Å². The van der Waals surface area contributed by atoms with E-state index in [0.29, 0.717) is 5.92 Å². The SMILES string of the molecule is Cc1cc(C(=O)NC(CBr)C(C)C)sc1Br. The van der Waals surface area contributed by atoms with Gasteiger partial charge in [-0.1, -0.05) is 29.8 Å². The van der Waals surface area contributed by atoms with Gasteiger partial charge in [0.2, 0.25) is 0 Å². The van der Waals surface area contributed by atoms with Crippen LogP contribution in [0, 0.1) is 12.8 Å². The van der Waals surface area contributed by atoms with Gasteiger partial charge in [0.25, 0.3) is 5.91 Å². The summed E-state index contributed by atoms with van der Waals surface area (Å²) in [6.07, 6.45) is 0. The van der Waals surface area contributed by atoms with Crippen LogP contribution in [-0.2, 0) is 0 Å². The summed E-state index contributed by atoms with van der Waals surface area (Å²) in [5.41, 5.74) is 1.11. The molecular formula is C11H15Br2NOS. The summed E-state index contributed by atoms with van der Waals surface area (Å²) in [6, 6.07) is 2.09. The number of carbonyl (C=O) groups excluding carboxylic acids is 1. The molecule has 1 rings (SSSR count). The highest BCUT2D eigenvalue weighted by atomic mass is 79.9. The van der Waals surface area contributed by atoms with Crippen LogP contribution in [0.2, 0.25) is 0 Å². The molecule has 1 atom stereocenters. The molecular weight excluding hydrogens is 354 g/mol. The molecule has 0 aliphatic heterocycles. The van der Waals surface area contributed by atoms with Gasteiger partial charge in [0.15, 0.2) is 0 Å². The third-order valence-electron chi connectivity index (χ3n) is 2.37. The zero-order chi connectivity index (χ0) is 12.3. The summed E-state index contributed by atoms with van der Waals surface area (Å²) in [7, 11) is 0. The van der Waals surface area contributed by atoms with Crippen LogP contribution in [0.25, 0.3) is 0 Å². The van der Waals surface area contributed by atoms with Gasteiger partial charge in [-0.3, -0.25) is 4.79 Å². The minimum absolute atomic E-state index is 0.0111. The second kappa shape index (κ2) is 6.17. The summed E-state index contributed by atoms with van der Waals surface area (Å²) in [6.45, 7) is 6.19. The molecule has 1 aromatic rings. The first-order valence-electron chi connectivity index (χ1n) is 5.08. The Morgan fingerprint density at radius 1 is 1.56 bits per heavy atom. The lowest BCUT2D eigenvalue weighted by Gasteiger charge is -2.19. The zero-order valence-corrected chi connectivity index (χ0v) is 13.5. The molecule has 1 aromatic heterocycles. The van der Waals surface area contributed by atoms with Gasteiger partial charge in [-0.15, -0.1) is 11.3 Å². The summed E-state index contributed by atoms with van der Waals surface area (Å²) >= 11 is 8.32. The molecule has 1 amide bonds. The summed E-state index contributed by atoms with van der Waals surface area (Å²) in [5, 5.41) is 3.81. The number of hydrogen-bond donors (Lipinski definition) is 1. The smallest absolute Gasteiger partial charge is 0.261 e. The average Bonchev–Trinajstić information content (AvgIpc) is 2.55. The predicted molar refractivity (Wildman–Crippen MR) is 76.6 cm³/mol. The predicted octanol–water partition coefficient (Wildman–Crippen LogP) is 3.97. The molecule has 5 heteroatoms. The molecule has 0 aromatic carbocycles. The zero-order valence-electron chi connectivity index (χ0n) is 9.51. The highest BCUT2D eigenvalue weighted by Crippen LogP contribution is 2.27. The fourth-order valence-corrected chi connectivity index (χ4v) is 3.54. The third-order valence-corrected chi connectivity index (χ3v) is 5.20. The Morgan fingerprint density at radius 2 is 2.19 bits per heavy atom. The molecule has 90 valence electrons. The third kappa shape index (κ3) is 3.57. The van der Waals surface area contributed by atoms with Crippen LogP contribution in [0.1, 0.15) is 29.1 Å². The van der Waals surface area contributed by atoms with Crippen molar-refractivity contribution in [2.75, 3.05) is 5.33 Å². The number of halogens is 2. The lowest BCUT2D eigenvalue weighted by Crippen LogP contribution is -2.39. The Hall–Kier alpha value is 0.130. The Bertz CT molecular complexity index is 357. The normalized spacial score (nSPS) is 12.9. The largest absolute Gasteiger partial charge is 0.348 e. The molecule has 1 heterocycles. The maximum Gasteiger partial charge on any atom is 0.261 e. The van der Waals surface area contributed by atoms with Crippen LogP contribution < -0.4 is 5.32 Å². The van der Waals surface area contributed by atoms with E-state index in [0.717, 1.165) is 19.6 Å². The molecule has 0 saturated carbocycles.